The van der Waals surface area contributed by atoms with Crippen molar-refractivity contribution in [2.45, 2.75) is 26.6 Å². The fourth-order valence-corrected chi connectivity index (χ4v) is 4.24. The summed E-state index contributed by atoms with van der Waals surface area (Å²) >= 11 is 7.10. The highest BCUT2D eigenvalue weighted by molar-refractivity contribution is 8.18. The Kier molecular flexibility index (Phi) is 8.42. The Morgan fingerprint density at radius 2 is 1.94 bits per heavy atom. The van der Waals surface area contributed by atoms with Gasteiger partial charge in [-0.25, -0.2) is 4.79 Å². The first kappa shape index (κ1) is 26.1. The van der Waals surface area contributed by atoms with Gasteiger partial charge in [-0.05, 0) is 67.1 Å². The molecular formula is C24H22ClNO8S. The predicted octanol–water partition coefficient (Wildman–Crippen LogP) is 4.61. The van der Waals surface area contributed by atoms with Crippen LogP contribution in [0.4, 0.5) is 4.79 Å². The molecular weight excluding hydrogens is 498 g/mol. The lowest BCUT2D eigenvalue weighted by Gasteiger charge is -2.14. The number of carbonyl (C=O) groups excluding carboxylic acids is 3. The van der Waals surface area contributed by atoms with E-state index in [9.17, 15) is 19.2 Å². The van der Waals surface area contributed by atoms with Crippen LogP contribution in [0.2, 0.25) is 5.02 Å². The van der Waals surface area contributed by atoms with E-state index in [4.69, 9.17) is 30.9 Å². The van der Waals surface area contributed by atoms with E-state index in [2.05, 4.69) is 0 Å². The lowest BCUT2D eigenvalue weighted by molar-refractivity contribution is -0.149. The molecule has 0 saturated carbocycles. The van der Waals surface area contributed by atoms with Gasteiger partial charge in [0.2, 0.25) is 0 Å². The zero-order valence-corrected chi connectivity index (χ0v) is 20.6. The maximum Gasteiger partial charge on any atom is 0.335 e. The van der Waals surface area contributed by atoms with Gasteiger partial charge in [0, 0.05) is 0 Å². The number of nitrogens with zero attached hydrogens (tertiary/aromatic N) is 1. The van der Waals surface area contributed by atoms with E-state index in [1.54, 1.807) is 32.0 Å². The number of ether oxygens (including phenoxy) is 3. The number of carboxylic acids is 1. The standard InChI is InChI=1S/C24H22ClNO8S/c1-13(2)34-20(27)11-26-22(28)19(35-24(26)31)10-15-8-17(25)21(18(9-15)32-3)33-12-14-5-4-6-16(7-14)23(29)30/h4-10,13H,11-12H2,1-3H3,(H,29,30)/b19-10+. The number of halogens is 1. The summed E-state index contributed by atoms with van der Waals surface area (Å²) in [7, 11) is 1.42. The molecule has 9 nitrogen and oxygen atoms in total. The number of aromatic carboxylic acids is 1. The summed E-state index contributed by atoms with van der Waals surface area (Å²) in [5.41, 5.74) is 1.23. The molecule has 0 aliphatic carbocycles. The number of carboxylic acid groups (broad SMARTS) is 1. The van der Waals surface area contributed by atoms with E-state index >= 15 is 0 Å². The van der Waals surface area contributed by atoms with Crippen molar-refractivity contribution < 1.29 is 38.5 Å². The summed E-state index contributed by atoms with van der Waals surface area (Å²) in [5, 5.41) is 8.74. The monoisotopic (exact) mass is 519 g/mol. The van der Waals surface area contributed by atoms with Crippen molar-refractivity contribution in [3.63, 3.8) is 0 Å². The van der Waals surface area contributed by atoms with Gasteiger partial charge in [-0.15, -0.1) is 0 Å². The molecule has 35 heavy (non-hydrogen) atoms. The van der Waals surface area contributed by atoms with Gasteiger partial charge >= 0.3 is 11.9 Å². The first-order valence-corrected chi connectivity index (χ1v) is 11.6. The van der Waals surface area contributed by atoms with Crippen molar-refractivity contribution in [1.82, 2.24) is 4.90 Å². The normalized spacial score (nSPS) is 14.5. The Bertz CT molecular complexity index is 1210. The lowest BCUT2D eigenvalue weighted by Crippen LogP contribution is -2.35. The number of amides is 2. The van der Waals surface area contributed by atoms with Crippen LogP contribution >= 0.6 is 23.4 Å². The highest BCUT2D eigenvalue weighted by atomic mass is 35.5. The van der Waals surface area contributed by atoms with E-state index in [0.29, 0.717) is 22.9 Å². The second-order valence-corrected chi connectivity index (χ2v) is 9.04. The molecule has 1 saturated heterocycles. The number of rotatable bonds is 9. The van der Waals surface area contributed by atoms with Crippen molar-refractivity contribution in [1.29, 1.82) is 0 Å². The lowest BCUT2D eigenvalue weighted by atomic mass is 10.1. The van der Waals surface area contributed by atoms with Gasteiger partial charge in [-0.1, -0.05) is 23.7 Å². The summed E-state index contributed by atoms with van der Waals surface area (Å²) in [6.45, 7) is 2.91. The Morgan fingerprint density at radius 1 is 1.20 bits per heavy atom. The summed E-state index contributed by atoms with van der Waals surface area (Å²) in [6.07, 6.45) is 1.10. The van der Waals surface area contributed by atoms with Gasteiger partial charge < -0.3 is 19.3 Å². The largest absolute Gasteiger partial charge is 0.493 e. The third kappa shape index (κ3) is 6.55. The minimum absolute atomic E-state index is 0.0436. The van der Waals surface area contributed by atoms with Crippen LogP contribution < -0.4 is 9.47 Å². The van der Waals surface area contributed by atoms with Crippen molar-refractivity contribution >= 4 is 52.5 Å². The topological polar surface area (TPSA) is 119 Å². The molecule has 0 unspecified atom stereocenters. The van der Waals surface area contributed by atoms with E-state index in [-0.39, 0.29) is 39.7 Å². The predicted molar refractivity (Wildman–Crippen MR) is 130 cm³/mol. The Labute approximate surface area is 210 Å². The number of carbonyl (C=O) groups is 4. The van der Waals surface area contributed by atoms with Crippen molar-refractivity contribution in [2.75, 3.05) is 13.7 Å². The number of benzene rings is 2. The third-order valence-corrected chi connectivity index (χ3v) is 5.82. The van der Waals surface area contributed by atoms with Crippen molar-refractivity contribution in [3.8, 4) is 11.5 Å². The van der Waals surface area contributed by atoms with Crippen LogP contribution in [0, 0.1) is 0 Å². The van der Waals surface area contributed by atoms with Crippen LogP contribution in [0.25, 0.3) is 6.08 Å². The zero-order valence-electron chi connectivity index (χ0n) is 19.1. The van der Waals surface area contributed by atoms with Gasteiger partial charge in [0.15, 0.2) is 11.5 Å². The fraction of sp³-hybridized carbons (Fsp3) is 0.250. The molecule has 1 aliphatic rings. The molecule has 0 spiro atoms. The molecule has 1 fully saturated rings. The highest BCUT2D eigenvalue weighted by Gasteiger charge is 2.36. The molecule has 2 amide bonds. The van der Waals surface area contributed by atoms with Gasteiger partial charge in [-0.3, -0.25) is 19.3 Å². The molecule has 11 heteroatoms. The quantitative estimate of drug-likeness (QED) is 0.374. The molecule has 1 aliphatic heterocycles. The first-order chi connectivity index (χ1) is 16.6. The summed E-state index contributed by atoms with van der Waals surface area (Å²) < 4.78 is 16.2. The number of hydrogen-bond donors (Lipinski definition) is 1. The van der Waals surface area contributed by atoms with Gasteiger partial charge in [0.05, 0.1) is 28.7 Å². The molecule has 0 aromatic heterocycles. The van der Waals surface area contributed by atoms with Crippen LogP contribution in [-0.4, -0.2) is 52.8 Å². The first-order valence-electron chi connectivity index (χ1n) is 10.4. The number of esters is 1. The van der Waals surface area contributed by atoms with Crippen LogP contribution in [0.15, 0.2) is 41.3 Å². The van der Waals surface area contributed by atoms with E-state index in [1.807, 2.05) is 0 Å². The minimum Gasteiger partial charge on any atom is -0.493 e. The van der Waals surface area contributed by atoms with Crippen molar-refractivity contribution in [3.05, 3.63) is 63.0 Å². The maximum atomic E-state index is 12.7. The molecule has 0 atom stereocenters. The average molecular weight is 520 g/mol. The third-order valence-electron chi connectivity index (χ3n) is 4.63. The summed E-state index contributed by atoms with van der Waals surface area (Å²) in [4.78, 5) is 48.9. The maximum absolute atomic E-state index is 12.7. The number of thioether (sulfide) groups is 1. The van der Waals surface area contributed by atoms with Gasteiger partial charge in [-0.2, -0.15) is 0 Å². The number of hydrogen-bond acceptors (Lipinski definition) is 8. The summed E-state index contributed by atoms with van der Waals surface area (Å²) in [5.74, 6) is -1.83. The smallest absolute Gasteiger partial charge is 0.335 e. The molecule has 1 N–H and O–H groups in total. The molecule has 0 bridgehead atoms. The highest BCUT2D eigenvalue weighted by Crippen LogP contribution is 2.39. The Morgan fingerprint density at radius 3 is 2.60 bits per heavy atom. The van der Waals surface area contributed by atoms with Crippen LogP contribution in [0.3, 0.4) is 0 Å². The SMILES string of the molecule is COc1cc(/C=C2/SC(=O)N(CC(=O)OC(C)C)C2=O)cc(Cl)c1OCc1cccc(C(=O)O)c1. The molecule has 184 valence electrons. The van der Waals surface area contributed by atoms with E-state index in [1.165, 1.54) is 31.4 Å². The summed E-state index contributed by atoms with van der Waals surface area (Å²) in [6, 6.07) is 9.41. The fourth-order valence-electron chi connectivity index (χ4n) is 3.13. The van der Waals surface area contributed by atoms with Crippen molar-refractivity contribution in [2.24, 2.45) is 0 Å². The minimum atomic E-state index is -1.05. The van der Waals surface area contributed by atoms with Crippen LogP contribution in [0.1, 0.15) is 35.3 Å². The molecule has 0 radical (unpaired) electrons. The van der Waals surface area contributed by atoms with Gasteiger partial charge in [0.1, 0.15) is 13.2 Å². The van der Waals surface area contributed by atoms with Gasteiger partial charge in [0.25, 0.3) is 11.1 Å². The second kappa shape index (κ2) is 11.3. The molecule has 2 aromatic rings. The molecule has 3 rings (SSSR count). The molecule has 1 heterocycles. The Hall–Kier alpha value is -3.50. The Balaban J connectivity index is 1.78. The van der Waals surface area contributed by atoms with Crippen LogP contribution in [0.5, 0.6) is 11.5 Å². The zero-order chi connectivity index (χ0) is 25.7. The second-order valence-electron chi connectivity index (χ2n) is 7.63. The number of imide groups is 1. The van der Waals surface area contributed by atoms with Crippen LogP contribution in [-0.2, 0) is 20.9 Å². The molecule has 2 aromatic carbocycles. The number of methoxy groups -OCH3 is 1. The van der Waals surface area contributed by atoms with E-state index < -0.39 is 29.6 Å². The average Bonchev–Trinajstić information content (AvgIpc) is 3.04. The van der Waals surface area contributed by atoms with E-state index in [0.717, 1.165) is 4.90 Å².